The Balaban J connectivity index is 2.52. The number of carbonyl (C=O) groups excluding carboxylic acids is 1. The second kappa shape index (κ2) is 6.36. The van der Waals surface area contributed by atoms with Gasteiger partial charge >= 0.3 is 0 Å². The van der Waals surface area contributed by atoms with E-state index < -0.39 is 0 Å². The van der Waals surface area contributed by atoms with Crippen LogP contribution in [-0.4, -0.2) is 40.6 Å². The molecule has 1 unspecified atom stereocenters. The van der Waals surface area contributed by atoms with Crippen molar-refractivity contribution in [2.45, 2.75) is 64.0 Å². The van der Waals surface area contributed by atoms with Crippen molar-refractivity contribution in [2.24, 2.45) is 5.73 Å². The lowest BCUT2D eigenvalue weighted by atomic mass is 9.99. The third kappa shape index (κ3) is 5.04. The molecule has 1 rings (SSSR count). The van der Waals surface area contributed by atoms with Crippen LogP contribution in [0.5, 0.6) is 0 Å². The van der Waals surface area contributed by atoms with Gasteiger partial charge in [-0.1, -0.05) is 12.8 Å². The number of hydrogen-bond donors (Lipinski definition) is 2. The second-order valence-corrected chi connectivity index (χ2v) is 5.76. The first kappa shape index (κ1) is 14.5. The van der Waals surface area contributed by atoms with Crippen molar-refractivity contribution in [2.75, 3.05) is 13.2 Å². The van der Waals surface area contributed by atoms with Gasteiger partial charge in [-0.15, -0.1) is 0 Å². The number of carbonyl (C=O) groups is 1. The fourth-order valence-corrected chi connectivity index (χ4v) is 2.27. The zero-order valence-corrected chi connectivity index (χ0v) is 11.1. The molecule has 0 aliphatic carbocycles. The van der Waals surface area contributed by atoms with Gasteiger partial charge in [-0.05, 0) is 33.1 Å². The quantitative estimate of drug-likeness (QED) is 0.780. The van der Waals surface area contributed by atoms with E-state index in [2.05, 4.69) is 0 Å². The number of nitrogens with two attached hydrogens (primary N) is 1. The lowest BCUT2D eigenvalue weighted by Gasteiger charge is -2.30. The molecule has 3 N–H and O–H groups in total. The number of aliphatic hydroxyl groups excluding tert-OH is 1. The molecule has 1 saturated heterocycles. The minimum absolute atomic E-state index is 0.0193. The number of rotatable bonds is 4. The van der Waals surface area contributed by atoms with Crippen LogP contribution in [0.2, 0.25) is 0 Å². The third-order valence-corrected chi connectivity index (χ3v) is 3.39. The highest BCUT2D eigenvalue weighted by Crippen LogP contribution is 2.19. The molecule has 1 aliphatic rings. The molecule has 1 aliphatic heterocycles. The molecule has 0 bridgehead atoms. The van der Waals surface area contributed by atoms with Crippen molar-refractivity contribution in [3.8, 4) is 0 Å². The molecule has 1 atom stereocenters. The molecule has 1 fully saturated rings. The molecule has 4 heteroatoms. The number of aliphatic hydroxyl groups is 1. The topological polar surface area (TPSA) is 66.6 Å². The highest BCUT2D eigenvalue weighted by molar-refractivity contribution is 5.76. The fraction of sp³-hybridized carbons (Fsp3) is 0.923. The number of likely N-dealkylation sites (tertiary alicyclic amines) is 1. The minimum atomic E-state index is -0.295. The van der Waals surface area contributed by atoms with E-state index in [1.54, 1.807) is 0 Å². The van der Waals surface area contributed by atoms with E-state index in [0.717, 1.165) is 32.2 Å². The van der Waals surface area contributed by atoms with Crippen molar-refractivity contribution in [3.63, 3.8) is 0 Å². The zero-order valence-electron chi connectivity index (χ0n) is 11.1. The molecule has 0 aromatic rings. The largest absolute Gasteiger partial charge is 0.394 e. The van der Waals surface area contributed by atoms with Crippen molar-refractivity contribution >= 4 is 5.91 Å². The van der Waals surface area contributed by atoms with Crippen molar-refractivity contribution in [1.82, 2.24) is 4.90 Å². The fourth-order valence-electron chi connectivity index (χ4n) is 2.27. The van der Waals surface area contributed by atoms with Crippen LogP contribution >= 0.6 is 0 Å². The van der Waals surface area contributed by atoms with Crippen LogP contribution in [0.3, 0.4) is 0 Å². The van der Waals surface area contributed by atoms with Crippen LogP contribution < -0.4 is 5.73 Å². The van der Waals surface area contributed by atoms with Gasteiger partial charge in [0.25, 0.3) is 0 Å². The maximum Gasteiger partial charge on any atom is 0.222 e. The molecule has 0 aromatic heterocycles. The Morgan fingerprint density at radius 2 is 2.12 bits per heavy atom. The number of hydrogen-bond acceptors (Lipinski definition) is 3. The molecular weight excluding hydrogens is 216 g/mol. The van der Waals surface area contributed by atoms with Gasteiger partial charge in [0, 0.05) is 18.5 Å². The summed E-state index contributed by atoms with van der Waals surface area (Å²) in [4.78, 5) is 14.0. The average molecular weight is 242 g/mol. The first-order chi connectivity index (χ1) is 7.94. The average Bonchev–Trinajstić information content (AvgIpc) is 2.49. The van der Waals surface area contributed by atoms with Gasteiger partial charge < -0.3 is 15.7 Å². The van der Waals surface area contributed by atoms with E-state index in [-0.39, 0.29) is 24.1 Å². The summed E-state index contributed by atoms with van der Waals surface area (Å²) in [6.07, 6.45) is 5.42. The van der Waals surface area contributed by atoms with E-state index in [9.17, 15) is 9.90 Å². The summed E-state index contributed by atoms with van der Waals surface area (Å²) >= 11 is 0. The van der Waals surface area contributed by atoms with Gasteiger partial charge in [0.05, 0.1) is 12.6 Å². The first-order valence-electron chi connectivity index (χ1n) is 6.63. The maximum absolute atomic E-state index is 12.1. The Morgan fingerprint density at radius 3 is 2.71 bits per heavy atom. The van der Waals surface area contributed by atoms with Gasteiger partial charge in [-0.3, -0.25) is 4.79 Å². The molecule has 17 heavy (non-hydrogen) atoms. The Bertz CT molecular complexity index is 248. The maximum atomic E-state index is 12.1. The third-order valence-electron chi connectivity index (χ3n) is 3.39. The molecular formula is C13H26N2O2. The van der Waals surface area contributed by atoms with E-state index >= 15 is 0 Å². The summed E-state index contributed by atoms with van der Waals surface area (Å²) in [5, 5.41) is 9.34. The van der Waals surface area contributed by atoms with E-state index in [0.29, 0.717) is 12.8 Å². The Morgan fingerprint density at radius 1 is 1.41 bits per heavy atom. The molecule has 0 saturated carbocycles. The highest BCUT2D eigenvalue weighted by atomic mass is 16.3. The van der Waals surface area contributed by atoms with Gasteiger partial charge in [0.15, 0.2) is 0 Å². The Kier molecular flexibility index (Phi) is 5.40. The van der Waals surface area contributed by atoms with Crippen LogP contribution in [0.4, 0.5) is 0 Å². The lowest BCUT2D eigenvalue weighted by Crippen LogP contribution is -2.43. The standard InChI is InChI=1S/C13H26N2O2/c1-13(2,14)8-7-12(17)15-9-5-3-4-6-11(15)10-16/h11,16H,3-10,14H2,1-2H3. The molecule has 1 amide bonds. The van der Waals surface area contributed by atoms with Gasteiger partial charge in [-0.25, -0.2) is 0 Å². The second-order valence-electron chi connectivity index (χ2n) is 5.76. The molecule has 100 valence electrons. The molecule has 4 nitrogen and oxygen atoms in total. The number of amides is 1. The van der Waals surface area contributed by atoms with E-state index in [1.807, 2.05) is 18.7 Å². The first-order valence-corrected chi connectivity index (χ1v) is 6.63. The zero-order chi connectivity index (χ0) is 12.9. The Hall–Kier alpha value is -0.610. The van der Waals surface area contributed by atoms with E-state index in [4.69, 9.17) is 5.73 Å². The van der Waals surface area contributed by atoms with Crippen molar-refractivity contribution < 1.29 is 9.90 Å². The van der Waals surface area contributed by atoms with Crippen LogP contribution in [-0.2, 0) is 4.79 Å². The lowest BCUT2D eigenvalue weighted by molar-refractivity contribution is -0.134. The normalized spacial score (nSPS) is 22.4. The van der Waals surface area contributed by atoms with E-state index in [1.165, 1.54) is 0 Å². The predicted octanol–water partition coefficient (Wildman–Crippen LogP) is 1.27. The molecule has 0 spiro atoms. The predicted molar refractivity (Wildman–Crippen MR) is 68.6 cm³/mol. The summed E-state index contributed by atoms with van der Waals surface area (Å²) in [6, 6.07) is 0.0193. The monoisotopic (exact) mass is 242 g/mol. The van der Waals surface area contributed by atoms with Crippen molar-refractivity contribution in [1.29, 1.82) is 0 Å². The van der Waals surface area contributed by atoms with Crippen LogP contribution in [0.1, 0.15) is 52.4 Å². The summed E-state index contributed by atoms with van der Waals surface area (Å²) < 4.78 is 0. The summed E-state index contributed by atoms with van der Waals surface area (Å²) in [5.41, 5.74) is 5.60. The van der Waals surface area contributed by atoms with Gasteiger partial charge in [-0.2, -0.15) is 0 Å². The SMILES string of the molecule is CC(C)(N)CCC(=O)N1CCCCCC1CO. The summed E-state index contributed by atoms with van der Waals surface area (Å²) in [6.45, 7) is 4.74. The summed E-state index contributed by atoms with van der Waals surface area (Å²) in [5.74, 6) is 0.143. The van der Waals surface area contributed by atoms with Gasteiger partial charge in [0.2, 0.25) is 5.91 Å². The molecule has 0 aromatic carbocycles. The minimum Gasteiger partial charge on any atom is -0.394 e. The molecule has 1 heterocycles. The smallest absolute Gasteiger partial charge is 0.222 e. The molecule has 0 radical (unpaired) electrons. The highest BCUT2D eigenvalue weighted by Gasteiger charge is 2.25. The van der Waals surface area contributed by atoms with Crippen molar-refractivity contribution in [3.05, 3.63) is 0 Å². The summed E-state index contributed by atoms with van der Waals surface area (Å²) in [7, 11) is 0. The van der Waals surface area contributed by atoms with Gasteiger partial charge in [0.1, 0.15) is 0 Å². The van der Waals surface area contributed by atoms with Crippen LogP contribution in [0, 0.1) is 0 Å². The number of nitrogens with zero attached hydrogens (tertiary/aromatic N) is 1. The Labute approximate surface area is 104 Å². The van der Waals surface area contributed by atoms with Crippen LogP contribution in [0.25, 0.3) is 0 Å². The van der Waals surface area contributed by atoms with Crippen LogP contribution in [0.15, 0.2) is 0 Å².